The number of benzene rings is 3. The van der Waals surface area contributed by atoms with E-state index < -0.39 is 0 Å². The zero-order valence-electron chi connectivity index (χ0n) is 16.6. The lowest BCUT2D eigenvalue weighted by Gasteiger charge is -2.16. The van der Waals surface area contributed by atoms with Crippen LogP contribution in [0, 0.1) is 0 Å². The molecule has 30 heavy (non-hydrogen) atoms. The highest BCUT2D eigenvalue weighted by Gasteiger charge is 2.34. The lowest BCUT2D eigenvalue weighted by molar-refractivity contribution is -0.119. The number of amides is 3. The molecule has 0 unspecified atom stereocenters. The number of carbonyl (C=O) groups is 3. The van der Waals surface area contributed by atoms with Crippen molar-refractivity contribution in [3.8, 4) is 0 Å². The summed E-state index contributed by atoms with van der Waals surface area (Å²) in [5.74, 6) is 0.212. The third-order valence-electron chi connectivity index (χ3n) is 5.22. The highest BCUT2D eigenvalue weighted by Crippen LogP contribution is 2.23. The zero-order chi connectivity index (χ0) is 21.1. The molecule has 3 amide bonds. The summed E-state index contributed by atoms with van der Waals surface area (Å²) < 4.78 is 0. The largest absolute Gasteiger partial charge is 0.349 e. The molecule has 6 heteroatoms. The van der Waals surface area contributed by atoms with Gasteiger partial charge in [0.25, 0.3) is 11.8 Å². The van der Waals surface area contributed by atoms with Gasteiger partial charge in [0.05, 0.1) is 22.9 Å². The molecule has 4 rings (SSSR count). The van der Waals surface area contributed by atoms with Crippen LogP contribution in [0.15, 0.2) is 66.7 Å². The Labute approximate surface area is 179 Å². The van der Waals surface area contributed by atoms with Crippen LogP contribution >= 0.6 is 11.8 Å². The number of fused-ring (bicyclic) bond motifs is 2. The molecule has 3 aromatic carbocycles. The van der Waals surface area contributed by atoms with E-state index in [9.17, 15) is 14.4 Å². The number of hydrogen-bond donors (Lipinski definition) is 1. The van der Waals surface area contributed by atoms with Crippen LogP contribution in [0.3, 0.4) is 0 Å². The molecule has 1 aliphatic heterocycles. The van der Waals surface area contributed by atoms with Gasteiger partial charge in [-0.3, -0.25) is 19.3 Å². The molecule has 5 nitrogen and oxygen atoms in total. The lowest BCUT2D eigenvalue weighted by Crippen LogP contribution is -2.32. The van der Waals surface area contributed by atoms with E-state index in [1.54, 1.807) is 24.3 Å². The number of nitrogens with one attached hydrogen (secondary N) is 1. The van der Waals surface area contributed by atoms with Crippen molar-refractivity contribution in [2.45, 2.75) is 13.0 Å². The monoisotopic (exact) mass is 418 g/mol. The van der Waals surface area contributed by atoms with E-state index in [0.29, 0.717) is 23.4 Å². The number of nitrogens with zero attached hydrogens (tertiary/aromatic N) is 1. The van der Waals surface area contributed by atoms with Gasteiger partial charge in [-0.1, -0.05) is 48.5 Å². The fourth-order valence-electron chi connectivity index (χ4n) is 3.61. The van der Waals surface area contributed by atoms with Crippen LogP contribution in [0.4, 0.5) is 0 Å². The van der Waals surface area contributed by atoms with Crippen molar-refractivity contribution in [3.05, 3.63) is 83.4 Å². The van der Waals surface area contributed by atoms with Crippen LogP contribution in [0.2, 0.25) is 0 Å². The van der Waals surface area contributed by atoms with Crippen molar-refractivity contribution in [3.63, 3.8) is 0 Å². The molecule has 1 atom stereocenters. The molecule has 0 saturated heterocycles. The normalized spacial score (nSPS) is 14.1. The number of hydrogen-bond acceptors (Lipinski definition) is 4. The Morgan fingerprint density at radius 2 is 1.57 bits per heavy atom. The standard InChI is InChI=1S/C24H22N2O3S/c1-16(18-11-10-17-6-2-3-7-19(17)14-18)25-22(27)15-30-13-12-26-23(28)20-8-4-5-9-21(20)24(26)29/h2-11,14,16H,12-13,15H2,1H3,(H,25,27)/t16-/m1/s1. The van der Waals surface area contributed by atoms with Crippen molar-refractivity contribution in [2.24, 2.45) is 0 Å². The first-order valence-corrected chi connectivity index (χ1v) is 11.0. The fraction of sp³-hybridized carbons (Fsp3) is 0.208. The summed E-state index contributed by atoms with van der Waals surface area (Å²) in [4.78, 5) is 38.3. The van der Waals surface area contributed by atoms with E-state index in [2.05, 4.69) is 29.6 Å². The summed E-state index contributed by atoms with van der Waals surface area (Å²) in [6, 6.07) is 21.1. The highest BCUT2D eigenvalue weighted by molar-refractivity contribution is 7.99. The minimum Gasteiger partial charge on any atom is -0.349 e. The van der Waals surface area contributed by atoms with Crippen LogP contribution in [0.5, 0.6) is 0 Å². The molecule has 3 aromatic rings. The second-order valence-electron chi connectivity index (χ2n) is 7.26. The van der Waals surface area contributed by atoms with E-state index >= 15 is 0 Å². The van der Waals surface area contributed by atoms with Crippen LogP contribution in [0.25, 0.3) is 10.8 Å². The van der Waals surface area contributed by atoms with Crippen LogP contribution in [-0.2, 0) is 4.79 Å². The molecule has 0 radical (unpaired) electrons. The molecular weight excluding hydrogens is 396 g/mol. The number of carbonyl (C=O) groups excluding carboxylic acids is 3. The Kier molecular flexibility index (Phi) is 5.86. The molecule has 152 valence electrons. The summed E-state index contributed by atoms with van der Waals surface area (Å²) in [6.45, 7) is 2.26. The van der Waals surface area contributed by atoms with Gasteiger partial charge in [0.2, 0.25) is 5.91 Å². The van der Waals surface area contributed by atoms with E-state index in [4.69, 9.17) is 0 Å². The SMILES string of the molecule is C[C@@H](NC(=O)CSCCN1C(=O)c2ccccc2C1=O)c1ccc2ccccc2c1. The summed E-state index contributed by atoms with van der Waals surface area (Å²) in [6.07, 6.45) is 0. The van der Waals surface area contributed by atoms with Crippen LogP contribution in [-0.4, -0.2) is 40.7 Å². The molecule has 0 spiro atoms. The first-order chi connectivity index (χ1) is 14.5. The number of thioether (sulfide) groups is 1. The Hall–Kier alpha value is -3.12. The van der Waals surface area contributed by atoms with Gasteiger partial charge in [-0.2, -0.15) is 11.8 Å². The zero-order valence-corrected chi connectivity index (χ0v) is 17.4. The summed E-state index contributed by atoms with van der Waals surface area (Å²) in [5, 5.41) is 5.33. The van der Waals surface area contributed by atoms with Gasteiger partial charge in [-0.15, -0.1) is 0 Å². The molecule has 1 heterocycles. The Morgan fingerprint density at radius 1 is 0.933 bits per heavy atom. The van der Waals surface area contributed by atoms with Gasteiger partial charge in [-0.05, 0) is 41.5 Å². The maximum absolute atomic E-state index is 12.3. The van der Waals surface area contributed by atoms with Gasteiger partial charge in [0.1, 0.15) is 0 Å². The van der Waals surface area contributed by atoms with Gasteiger partial charge < -0.3 is 5.32 Å². The third kappa shape index (κ3) is 4.09. The number of imide groups is 1. The predicted octanol–water partition coefficient (Wildman–Crippen LogP) is 4.05. The van der Waals surface area contributed by atoms with Gasteiger partial charge in [-0.25, -0.2) is 0 Å². The first kappa shape index (κ1) is 20.2. The molecular formula is C24H22N2O3S. The molecule has 1 aliphatic rings. The van der Waals surface area contributed by atoms with Crippen molar-refractivity contribution >= 4 is 40.3 Å². The second-order valence-corrected chi connectivity index (χ2v) is 8.36. The summed E-state index contributed by atoms with van der Waals surface area (Å²) in [7, 11) is 0. The average Bonchev–Trinajstić information content (AvgIpc) is 3.01. The molecule has 0 bridgehead atoms. The maximum Gasteiger partial charge on any atom is 0.261 e. The Bertz CT molecular complexity index is 1090. The topological polar surface area (TPSA) is 66.5 Å². The van der Waals surface area contributed by atoms with E-state index in [0.717, 1.165) is 10.9 Å². The second kappa shape index (κ2) is 8.71. The summed E-state index contributed by atoms with van der Waals surface area (Å²) in [5.41, 5.74) is 1.96. The first-order valence-electron chi connectivity index (χ1n) is 9.85. The lowest BCUT2D eigenvalue weighted by atomic mass is 10.0. The quantitative estimate of drug-likeness (QED) is 0.464. The Morgan fingerprint density at radius 3 is 2.27 bits per heavy atom. The molecule has 1 N–H and O–H groups in total. The Balaban J connectivity index is 1.25. The minimum absolute atomic E-state index is 0.0666. The van der Waals surface area contributed by atoms with E-state index in [1.165, 1.54) is 22.0 Å². The number of rotatable bonds is 7. The molecule has 0 aliphatic carbocycles. The molecule has 0 fully saturated rings. The van der Waals surface area contributed by atoms with Gasteiger partial charge in [0, 0.05) is 12.3 Å². The van der Waals surface area contributed by atoms with Crippen molar-refractivity contribution in [1.82, 2.24) is 10.2 Å². The molecule has 0 saturated carbocycles. The fourth-order valence-corrected chi connectivity index (χ4v) is 4.33. The maximum atomic E-state index is 12.3. The van der Waals surface area contributed by atoms with Crippen molar-refractivity contribution in [1.29, 1.82) is 0 Å². The van der Waals surface area contributed by atoms with Crippen molar-refractivity contribution in [2.75, 3.05) is 18.1 Å². The van der Waals surface area contributed by atoms with Crippen LogP contribution in [0.1, 0.15) is 39.2 Å². The predicted molar refractivity (Wildman–Crippen MR) is 120 cm³/mol. The smallest absolute Gasteiger partial charge is 0.261 e. The highest BCUT2D eigenvalue weighted by atomic mass is 32.2. The van der Waals surface area contributed by atoms with Gasteiger partial charge >= 0.3 is 0 Å². The third-order valence-corrected chi connectivity index (χ3v) is 6.16. The van der Waals surface area contributed by atoms with Crippen LogP contribution < -0.4 is 5.32 Å². The average molecular weight is 419 g/mol. The molecule has 0 aromatic heterocycles. The van der Waals surface area contributed by atoms with Crippen molar-refractivity contribution < 1.29 is 14.4 Å². The summed E-state index contributed by atoms with van der Waals surface area (Å²) >= 11 is 1.41. The van der Waals surface area contributed by atoms with E-state index in [-0.39, 0.29) is 29.5 Å². The minimum atomic E-state index is -0.259. The van der Waals surface area contributed by atoms with Gasteiger partial charge in [0.15, 0.2) is 0 Å². The van der Waals surface area contributed by atoms with E-state index in [1.807, 2.05) is 25.1 Å².